The van der Waals surface area contributed by atoms with Gasteiger partial charge in [0.15, 0.2) is 10.9 Å². The van der Waals surface area contributed by atoms with Gasteiger partial charge in [-0.3, -0.25) is 10.1 Å². The van der Waals surface area contributed by atoms with E-state index in [1.807, 2.05) is 6.92 Å². The minimum atomic E-state index is -0.408. The number of carbonyl (C=O) groups excluding carboxylic acids is 1. The number of carbonyl (C=O) groups is 1. The molecule has 0 radical (unpaired) electrons. The first-order valence-electron chi connectivity index (χ1n) is 7.73. The fourth-order valence-corrected chi connectivity index (χ4v) is 3.33. The van der Waals surface area contributed by atoms with Gasteiger partial charge < -0.3 is 4.42 Å². The van der Waals surface area contributed by atoms with Crippen LogP contribution < -0.4 is 5.32 Å². The number of amides is 1. The lowest BCUT2D eigenvalue weighted by Crippen LogP contribution is -2.11. The van der Waals surface area contributed by atoms with Crippen molar-refractivity contribution in [1.29, 1.82) is 0 Å². The molecule has 0 aliphatic carbocycles. The molecule has 0 saturated heterocycles. The fourth-order valence-electron chi connectivity index (χ4n) is 2.64. The molecule has 26 heavy (non-hydrogen) atoms. The lowest BCUT2D eigenvalue weighted by atomic mass is 10.1. The summed E-state index contributed by atoms with van der Waals surface area (Å²) in [6, 6.07) is 9.57. The highest BCUT2D eigenvalue weighted by atomic mass is 32.1. The van der Waals surface area contributed by atoms with Gasteiger partial charge in [-0.25, -0.2) is 13.8 Å². The predicted molar refractivity (Wildman–Crippen MR) is 96.4 cm³/mol. The molecule has 0 saturated carbocycles. The molecule has 7 heteroatoms. The first-order valence-corrected chi connectivity index (χ1v) is 8.61. The maximum atomic E-state index is 13.4. The highest BCUT2D eigenvalue weighted by molar-refractivity contribution is 7.14. The average Bonchev–Trinajstić information content (AvgIpc) is 3.20. The molecule has 2 heterocycles. The van der Waals surface area contributed by atoms with Crippen LogP contribution in [-0.4, -0.2) is 10.9 Å². The number of thiazole rings is 1. The van der Waals surface area contributed by atoms with E-state index in [0.717, 1.165) is 5.56 Å². The zero-order valence-electron chi connectivity index (χ0n) is 13.5. The third kappa shape index (κ3) is 2.97. The van der Waals surface area contributed by atoms with E-state index in [0.29, 0.717) is 33.1 Å². The van der Waals surface area contributed by atoms with Crippen LogP contribution in [-0.2, 0) is 0 Å². The number of nitrogens with one attached hydrogen (secondary N) is 1. The van der Waals surface area contributed by atoms with Crippen LogP contribution in [0.15, 0.2) is 52.3 Å². The van der Waals surface area contributed by atoms with E-state index in [4.69, 9.17) is 4.42 Å². The monoisotopic (exact) mass is 370 g/mol. The molecule has 0 atom stereocenters. The minimum Gasteiger partial charge on any atom is -0.454 e. The molecule has 2 aromatic heterocycles. The molecule has 0 bridgehead atoms. The number of aromatic nitrogens is 1. The van der Waals surface area contributed by atoms with Crippen LogP contribution in [0, 0.1) is 18.6 Å². The summed E-state index contributed by atoms with van der Waals surface area (Å²) in [5.74, 6) is -0.591. The van der Waals surface area contributed by atoms with Gasteiger partial charge in [0.05, 0.1) is 0 Å². The Kier molecular flexibility index (Phi) is 4.00. The zero-order valence-corrected chi connectivity index (χ0v) is 14.4. The molecule has 0 spiro atoms. The van der Waals surface area contributed by atoms with Crippen molar-refractivity contribution in [3.05, 3.63) is 70.6 Å². The van der Waals surface area contributed by atoms with Crippen molar-refractivity contribution < 1.29 is 18.0 Å². The van der Waals surface area contributed by atoms with Gasteiger partial charge in [0, 0.05) is 21.9 Å². The second kappa shape index (κ2) is 6.34. The van der Waals surface area contributed by atoms with E-state index in [9.17, 15) is 13.6 Å². The van der Waals surface area contributed by atoms with Crippen LogP contribution in [0.4, 0.5) is 13.9 Å². The van der Waals surface area contributed by atoms with Crippen molar-refractivity contribution in [1.82, 2.24) is 4.98 Å². The molecule has 130 valence electrons. The fraction of sp³-hybridized carbons (Fsp3) is 0.0526. The number of furan rings is 1. The van der Waals surface area contributed by atoms with Gasteiger partial charge in [0.1, 0.15) is 22.9 Å². The molecule has 0 aliphatic heterocycles. The Bertz CT molecular complexity index is 1120. The Balaban J connectivity index is 1.61. The highest BCUT2D eigenvalue weighted by Gasteiger charge is 2.17. The summed E-state index contributed by atoms with van der Waals surface area (Å²) in [4.78, 5) is 16.6. The number of benzene rings is 2. The van der Waals surface area contributed by atoms with E-state index < -0.39 is 5.82 Å². The van der Waals surface area contributed by atoms with Crippen molar-refractivity contribution in [3.63, 3.8) is 0 Å². The van der Waals surface area contributed by atoms with Gasteiger partial charge >= 0.3 is 0 Å². The van der Waals surface area contributed by atoms with Crippen molar-refractivity contribution in [2.75, 3.05) is 5.32 Å². The Morgan fingerprint density at radius 2 is 1.85 bits per heavy atom. The van der Waals surface area contributed by atoms with Gasteiger partial charge in [0.25, 0.3) is 5.91 Å². The summed E-state index contributed by atoms with van der Waals surface area (Å²) in [5.41, 5.74) is 2.24. The van der Waals surface area contributed by atoms with E-state index in [1.165, 1.54) is 47.7 Å². The minimum absolute atomic E-state index is 0.332. The second-order valence-corrected chi connectivity index (χ2v) is 6.55. The summed E-state index contributed by atoms with van der Waals surface area (Å²) in [5, 5.41) is 5.50. The Hall–Kier alpha value is -3.06. The van der Waals surface area contributed by atoms with Crippen molar-refractivity contribution >= 4 is 33.3 Å². The number of hydrogen-bond acceptors (Lipinski definition) is 4. The molecular weight excluding hydrogens is 358 g/mol. The smallest absolute Gasteiger partial charge is 0.257 e. The molecule has 0 unspecified atom stereocenters. The quantitative estimate of drug-likeness (QED) is 0.526. The predicted octanol–water partition coefficient (Wildman–Crippen LogP) is 5.40. The first kappa shape index (κ1) is 16.4. The maximum absolute atomic E-state index is 13.4. The molecule has 1 amide bonds. The van der Waals surface area contributed by atoms with E-state index in [-0.39, 0.29) is 11.7 Å². The molecular formula is C19H12F2N2O2S. The molecule has 2 aromatic carbocycles. The van der Waals surface area contributed by atoms with Crippen LogP contribution in [0.1, 0.15) is 15.9 Å². The SMILES string of the molecule is Cc1c(-c2csc(NC(=O)c3ccc(F)cc3)n2)oc2ccc(F)cc12. The largest absolute Gasteiger partial charge is 0.454 e. The summed E-state index contributed by atoms with van der Waals surface area (Å²) in [6.45, 7) is 1.83. The average molecular weight is 370 g/mol. The number of fused-ring (bicyclic) bond motifs is 1. The van der Waals surface area contributed by atoms with Crippen LogP contribution in [0.2, 0.25) is 0 Å². The van der Waals surface area contributed by atoms with Gasteiger partial charge in [-0.05, 0) is 49.4 Å². The van der Waals surface area contributed by atoms with Crippen molar-refractivity contribution in [3.8, 4) is 11.5 Å². The first-order chi connectivity index (χ1) is 12.5. The van der Waals surface area contributed by atoms with Gasteiger partial charge in [0.2, 0.25) is 0 Å². The summed E-state index contributed by atoms with van der Waals surface area (Å²) in [6.07, 6.45) is 0. The standard InChI is InChI=1S/C19H12F2N2O2S/c1-10-14-8-13(21)6-7-16(14)25-17(10)15-9-26-19(22-15)23-18(24)11-2-4-12(20)5-3-11/h2-9H,1H3,(H,22,23,24). The molecule has 4 aromatic rings. The van der Waals surface area contributed by atoms with Crippen molar-refractivity contribution in [2.45, 2.75) is 6.92 Å². The van der Waals surface area contributed by atoms with Crippen molar-refractivity contribution in [2.24, 2.45) is 0 Å². The van der Waals surface area contributed by atoms with E-state index in [1.54, 1.807) is 11.4 Å². The Labute approximate surface area is 151 Å². The lowest BCUT2D eigenvalue weighted by molar-refractivity contribution is 0.102. The van der Waals surface area contributed by atoms with Crippen LogP contribution in [0.5, 0.6) is 0 Å². The van der Waals surface area contributed by atoms with Gasteiger partial charge in [-0.15, -0.1) is 11.3 Å². The normalized spacial score (nSPS) is 11.0. The number of nitrogens with zero attached hydrogens (tertiary/aromatic N) is 1. The molecule has 0 fully saturated rings. The molecule has 4 nitrogen and oxygen atoms in total. The summed E-state index contributed by atoms with van der Waals surface area (Å²) in [7, 11) is 0. The molecule has 1 N–H and O–H groups in total. The Morgan fingerprint density at radius 1 is 1.12 bits per heavy atom. The third-order valence-corrected chi connectivity index (χ3v) is 4.72. The number of aryl methyl sites for hydroxylation is 1. The van der Waals surface area contributed by atoms with Crippen LogP contribution >= 0.6 is 11.3 Å². The van der Waals surface area contributed by atoms with E-state index >= 15 is 0 Å². The van der Waals surface area contributed by atoms with Crippen LogP contribution in [0.3, 0.4) is 0 Å². The summed E-state index contributed by atoms with van der Waals surface area (Å²) >= 11 is 1.24. The van der Waals surface area contributed by atoms with Gasteiger partial charge in [-0.2, -0.15) is 0 Å². The number of hydrogen-bond donors (Lipinski definition) is 1. The summed E-state index contributed by atoms with van der Waals surface area (Å²) < 4.78 is 32.2. The highest BCUT2D eigenvalue weighted by Crippen LogP contribution is 2.34. The maximum Gasteiger partial charge on any atom is 0.257 e. The molecule has 4 rings (SSSR count). The van der Waals surface area contributed by atoms with E-state index in [2.05, 4.69) is 10.3 Å². The van der Waals surface area contributed by atoms with Gasteiger partial charge in [-0.1, -0.05) is 0 Å². The third-order valence-electron chi connectivity index (χ3n) is 3.96. The topological polar surface area (TPSA) is 55.1 Å². The number of halogens is 2. The number of rotatable bonds is 3. The molecule has 0 aliphatic rings. The number of anilines is 1. The Morgan fingerprint density at radius 3 is 2.62 bits per heavy atom. The van der Waals surface area contributed by atoms with Crippen LogP contribution in [0.25, 0.3) is 22.4 Å². The lowest BCUT2D eigenvalue weighted by Gasteiger charge is -2.01. The second-order valence-electron chi connectivity index (χ2n) is 5.70. The zero-order chi connectivity index (χ0) is 18.3.